The molecule has 0 aromatic rings. The lowest BCUT2D eigenvalue weighted by Crippen LogP contribution is -2.01. The lowest BCUT2D eigenvalue weighted by molar-refractivity contribution is 0.480. The third-order valence-corrected chi connectivity index (χ3v) is 2.77. The van der Waals surface area contributed by atoms with Gasteiger partial charge < -0.3 is 0 Å². The van der Waals surface area contributed by atoms with Gasteiger partial charge >= 0.3 is 0 Å². The van der Waals surface area contributed by atoms with Gasteiger partial charge in [-0.1, -0.05) is 13.8 Å². The molecule has 96 valence electrons. The summed E-state index contributed by atoms with van der Waals surface area (Å²) in [6.45, 7) is 3.38. The zero-order valence-corrected chi connectivity index (χ0v) is 11.3. The van der Waals surface area contributed by atoms with Crippen molar-refractivity contribution in [1.82, 2.24) is 0 Å². The summed E-state index contributed by atoms with van der Waals surface area (Å²) in [5.74, 6) is -0.264. The smallest absolute Gasteiger partial charge is 0.264 e. The maximum atomic E-state index is 9.79. The second-order valence-electron chi connectivity index (χ2n) is 2.57. The lowest BCUT2D eigenvalue weighted by Gasteiger charge is -1.86. The minimum absolute atomic E-state index is 0. The van der Waals surface area contributed by atoms with Crippen LogP contribution in [0.3, 0.4) is 0 Å². The van der Waals surface area contributed by atoms with E-state index in [1.165, 1.54) is 0 Å². The van der Waals surface area contributed by atoms with E-state index in [0.717, 1.165) is 0 Å². The van der Waals surface area contributed by atoms with Crippen LogP contribution in [0.1, 0.15) is 26.7 Å². The molecule has 0 saturated heterocycles. The number of hydrogen-bond donors (Lipinski definition) is 2. The van der Waals surface area contributed by atoms with E-state index in [4.69, 9.17) is 9.11 Å². The average molecular weight is 282 g/mol. The molecule has 0 radical (unpaired) electrons. The third-order valence-electron chi connectivity index (χ3n) is 0.924. The fourth-order valence-electron chi connectivity index (χ4n) is 0.516. The van der Waals surface area contributed by atoms with Crippen molar-refractivity contribution in [2.75, 3.05) is 11.5 Å². The van der Waals surface area contributed by atoms with Gasteiger partial charge in [-0.05, 0) is 12.8 Å². The Kier molecular flexibility index (Phi) is 12.9. The van der Waals surface area contributed by atoms with Crippen molar-refractivity contribution in [2.45, 2.75) is 26.7 Å². The van der Waals surface area contributed by atoms with E-state index in [2.05, 4.69) is 0 Å². The van der Waals surface area contributed by atoms with Crippen LogP contribution in [-0.4, -0.2) is 37.4 Å². The highest BCUT2D eigenvalue weighted by molar-refractivity contribution is 7.86. The summed E-state index contributed by atoms with van der Waals surface area (Å²) >= 11 is 0. The van der Waals surface area contributed by atoms with E-state index in [-0.39, 0.29) is 25.0 Å². The molecule has 0 saturated carbocycles. The van der Waals surface area contributed by atoms with Crippen LogP contribution in [0.4, 0.5) is 0 Å². The van der Waals surface area contributed by atoms with Crippen molar-refractivity contribution < 1.29 is 25.9 Å². The first kappa shape index (κ1) is 20.6. The minimum Gasteiger partial charge on any atom is -0.286 e. The van der Waals surface area contributed by atoms with Gasteiger partial charge in [0.05, 0.1) is 11.5 Å². The molecule has 0 bridgehead atoms. The quantitative estimate of drug-likeness (QED) is 0.734. The monoisotopic (exact) mass is 282 g/mol. The Morgan fingerprint density at radius 1 is 0.800 bits per heavy atom. The van der Waals surface area contributed by atoms with Gasteiger partial charge in [-0.2, -0.15) is 30.3 Å². The summed E-state index contributed by atoms with van der Waals surface area (Å²) in [5.41, 5.74) is 0. The molecule has 0 atom stereocenters. The molecule has 0 aromatic carbocycles. The molecular weight excluding hydrogens is 264 g/mol. The van der Waals surface area contributed by atoms with E-state index in [9.17, 15) is 16.8 Å². The van der Waals surface area contributed by atoms with Crippen LogP contribution in [0.2, 0.25) is 0 Å². The summed E-state index contributed by atoms with van der Waals surface area (Å²) in [4.78, 5) is 0. The van der Waals surface area contributed by atoms with Crippen LogP contribution in [0.15, 0.2) is 0 Å². The summed E-state index contributed by atoms with van der Waals surface area (Å²) in [6, 6.07) is 0. The molecule has 0 spiro atoms. The Hall–Kier alpha value is 0.170. The molecule has 0 amide bonds. The summed E-state index contributed by atoms with van der Waals surface area (Å²) in [5, 5.41) is 0. The van der Waals surface area contributed by atoms with Crippen LogP contribution in [-0.2, 0) is 20.2 Å². The molecule has 0 rings (SSSR count). The Balaban J connectivity index is -0.000000180. The Morgan fingerprint density at radius 2 is 1.00 bits per heavy atom. The van der Waals surface area contributed by atoms with Crippen molar-refractivity contribution in [3.8, 4) is 0 Å². The molecule has 0 heterocycles. The van der Waals surface area contributed by atoms with Gasteiger partial charge in [0.15, 0.2) is 0 Å². The highest BCUT2D eigenvalue weighted by atomic mass is 32.2. The first-order valence-electron chi connectivity index (χ1n) is 4.02. The standard InChI is InChI=1S/2C3H8O3S.H2S/c2*1-2-3-7(4,5)6;/h2*2-3H2,1H3,(H,4,5,6);1H2. The highest BCUT2D eigenvalue weighted by Gasteiger charge is 1.98. The first-order chi connectivity index (χ1) is 6.12. The zero-order valence-electron chi connectivity index (χ0n) is 8.67. The second-order valence-corrected chi connectivity index (χ2v) is 5.72. The SMILES string of the molecule is CCCS(=O)(=O)O.CCCS(=O)(=O)O.S. The normalized spacial score (nSPS) is 10.9. The van der Waals surface area contributed by atoms with E-state index in [0.29, 0.717) is 12.8 Å². The van der Waals surface area contributed by atoms with Crippen molar-refractivity contribution in [3.63, 3.8) is 0 Å². The highest BCUT2D eigenvalue weighted by Crippen LogP contribution is 1.84. The third kappa shape index (κ3) is 31.4. The van der Waals surface area contributed by atoms with E-state index in [1.807, 2.05) is 0 Å². The maximum absolute atomic E-state index is 9.79. The van der Waals surface area contributed by atoms with Crippen LogP contribution in [0.25, 0.3) is 0 Å². The predicted octanol–water partition coefficient (Wildman–Crippen LogP) is 0.681. The van der Waals surface area contributed by atoms with E-state index in [1.54, 1.807) is 13.8 Å². The average Bonchev–Trinajstić information content (AvgIpc) is 1.81. The first-order valence-corrected chi connectivity index (χ1v) is 7.24. The maximum Gasteiger partial charge on any atom is 0.264 e. The zero-order chi connectivity index (χ0) is 11.8. The van der Waals surface area contributed by atoms with Gasteiger partial charge in [-0.3, -0.25) is 9.11 Å². The van der Waals surface area contributed by atoms with E-state index >= 15 is 0 Å². The molecule has 9 heteroatoms. The molecule has 0 aliphatic rings. The van der Waals surface area contributed by atoms with Crippen LogP contribution in [0.5, 0.6) is 0 Å². The molecule has 15 heavy (non-hydrogen) atoms. The van der Waals surface area contributed by atoms with Gasteiger partial charge in [0.2, 0.25) is 0 Å². The van der Waals surface area contributed by atoms with Gasteiger partial charge in [-0.15, -0.1) is 0 Å². The van der Waals surface area contributed by atoms with Crippen molar-refractivity contribution in [2.24, 2.45) is 0 Å². The molecule has 0 aromatic heterocycles. The number of hydrogen-bond acceptors (Lipinski definition) is 4. The topological polar surface area (TPSA) is 109 Å². The largest absolute Gasteiger partial charge is 0.286 e. The van der Waals surface area contributed by atoms with Crippen molar-refractivity contribution in [1.29, 1.82) is 0 Å². The van der Waals surface area contributed by atoms with E-state index < -0.39 is 20.2 Å². The van der Waals surface area contributed by atoms with Crippen LogP contribution >= 0.6 is 13.5 Å². The number of rotatable bonds is 4. The molecule has 6 nitrogen and oxygen atoms in total. The summed E-state index contributed by atoms with van der Waals surface area (Å²) < 4.78 is 55.1. The summed E-state index contributed by atoms with van der Waals surface area (Å²) in [6.07, 6.45) is 0.942. The van der Waals surface area contributed by atoms with Crippen LogP contribution < -0.4 is 0 Å². The fraction of sp³-hybridized carbons (Fsp3) is 1.00. The minimum atomic E-state index is -3.67. The predicted molar refractivity (Wildman–Crippen MR) is 63.8 cm³/mol. The molecule has 0 aliphatic heterocycles. The molecule has 0 fully saturated rings. The Labute approximate surface area is 98.0 Å². The van der Waals surface area contributed by atoms with Crippen LogP contribution in [0, 0.1) is 0 Å². The fourth-order valence-corrected chi connectivity index (χ4v) is 1.55. The van der Waals surface area contributed by atoms with Crippen molar-refractivity contribution in [3.05, 3.63) is 0 Å². The summed E-state index contributed by atoms with van der Waals surface area (Å²) in [7, 11) is -7.35. The van der Waals surface area contributed by atoms with Gasteiger partial charge in [-0.25, -0.2) is 0 Å². The Morgan fingerprint density at radius 3 is 1.00 bits per heavy atom. The molecule has 0 aliphatic carbocycles. The molecule has 2 N–H and O–H groups in total. The second kappa shape index (κ2) is 9.40. The van der Waals surface area contributed by atoms with Crippen molar-refractivity contribution >= 4 is 33.7 Å². The molecular formula is C6H18O6S3. The lowest BCUT2D eigenvalue weighted by atomic mass is 10.6. The molecule has 0 unspecified atom stereocenters. The van der Waals surface area contributed by atoms with Gasteiger partial charge in [0, 0.05) is 0 Å². The van der Waals surface area contributed by atoms with Gasteiger partial charge in [0.25, 0.3) is 20.2 Å². The van der Waals surface area contributed by atoms with Gasteiger partial charge in [0.1, 0.15) is 0 Å². The Bertz CT molecular complexity index is 283.